The summed E-state index contributed by atoms with van der Waals surface area (Å²) in [6.45, 7) is 4.68. The van der Waals surface area contributed by atoms with E-state index in [1.54, 1.807) is 13.0 Å². The Kier molecular flexibility index (Phi) is 5.78. The highest BCUT2D eigenvalue weighted by Crippen LogP contribution is 2.21. The van der Waals surface area contributed by atoms with Gasteiger partial charge < -0.3 is 9.47 Å². The zero-order valence-corrected chi connectivity index (χ0v) is 12.9. The number of carbonyl (C=O) groups excluding carboxylic acids is 1. The van der Waals surface area contributed by atoms with Gasteiger partial charge in [-0.15, -0.1) is 0 Å². The van der Waals surface area contributed by atoms with Crippen LogP contribution in [0.3, 0.4) is 0 Å². The minimum absolute atomic E-state index is 0.338. The number of ether oxygens (including phenoxy) is 2. The summed E-state index contributed by atoms with van der Waals surface area (Å²) < 4.78 is 10.7. The van der Waals surface area contributed by atoms with Crippen molar-refractivity contribution in [1.82, 2.24) is 0 Å². The molecule has 2 aromatic carbocycles. The first kappa shape index (κ1) is 15.8. The summed E-state index contributed by atoms with van der Waals surface area (Å²) in [5, 5.41) is 0. The van der Waals surface area contributed by atoms with Crippen molar-refractivity contribution in [3.8, 4) is 5.75 Å². The molecule has 0 aliphatic heterocycles. The zero-order valence-electron chi connectivity index (χ0n) is 12.9. The van der Waals surface area contributed by atoms with Crippen molar-refractivity contribution in [2.75, 3.05) is 6.61 Å². The number of benzene rings is 2. The number of carbonyl (C=O) groups is 1. The minimum atomic E-state index is -0.338. The van der Waals surface area contributed by atoms with Crippen molar-refractivity contribution in [2.45, 2.75) is 20.5 Å². The van der Waals surface area contributed by atoms with Crippen LogP contribution in [0.15, 0.2) is 54.6 Å². The second-order valence-electron chi connectivity index (χ2n) is 4.88. The topological polar surface area (TPSA) is 35.5 Å². The van der Waals surface area contributed by atoms with Crippen molar-refractivity contribution in [3.63, 3.8) is 0 Å². The third-order valence-corrected chi connectivity index (χ3v) is 3.15. The van der Waals surface area contributed by atoms with Crippen molar-refractivity contribution >= 4 is 12.0 Å². The molecule has 0 aliphatic carbocycles. The molecule has 22 heavy (non-hydrogen) atoms. The van der Waals surface area contributed by atoms with E-state index in [1.807, 2.05) is 55.5 Å². The molecular formula is C19H20O3. The van der Waals surface area contributed by atoms with E-state index in [4.69, 9.17) is 9.47 Å². The van der Waals surface area contributed by atoms with E-state index in [-0.39, 0.29) is 5.97 Å². The molecule has 0 amide bonds. The van der Waals surface area contributed by atoms with Gasteiger partial charge in [-0.2, -0.15) is 0 Å². The molecule has 0 saturated heterocycles. The van der Waals surface area contributed by atoms with Crippen molar-refractivity contribution in [2.24, 2.45) is 0 Å². The van der Waals surface area contributed by atoms with Gasteiger partial charge in [-0.25, -0.2) is 4.79 Å². The van der Waals surface area contributed by atoms with Gasteiger partial charge in [-0.3, -0.25) is 0 Å². The van der Waals surface area contributed by atoms with E-state index in [2.05, 4.69) is 0 Å². The van der Waals surface area contributed by atoms with Crippen LogP contribution in [-0.2, 0) is 16.1 Å². The van der Waals surface area contributed by atoms with E-state index in [0.717, 1.165) is 22.4 Å². The molecule has 0 radical (unpaired) electrons. The number of hydrogen-bond donors (Lipinski definition) is 0. The normalized spacial score (nSPS) is 10.6. The van der Waals surface area contributed by atoms with E-state index >= 15 is 0 Å². The lowest BCUT2D eigenvalue weighted by atomic mass is 10.1. The van der Waals surface area contributed by atoms with Gasteiger partial charge in [-0.05, 0) is 42.7 Å². The first-order chi connectivity index (χ1) is 10.7. The molecule has 0 unspecified atom stereocenters. The van der Waals surface area contributed by atoms with Crippen molar-refractivity contribution in [1.29, 1.82) is 0 Å². The summed E-state index contributed by atoms with van der Waals surface area (Å²) in [6.07, 6.45) is 3.15. The lowest BCUT2D eigenvalue weighted by molar-refractivity contribution is -0.137. The van der Waals surface area contributed by atoms with Crippen molar-refractivity contribution in [3.05, 3.63) is 71.3 Å². The monoisotopic (exact) mass is 296 g/mol. The number of hydrogen-bond acceptors (Lipinski definition) is 3. The van der Waals surface area contributed by atoms with Crippen LogP contribution >= 0.6 is 0 Å². The fraction of sp³-hybridized carbons (Fsp3) is 0.211. The fourth-order valence-electron chi connectivity index (χ4n) is 1.97. The average Bonchev–Trinajstić information content (AvgIpc) is 2.54. The summed E-state index contributed by atoms with van der Waals surface area (Å²) >= 11 is 0. The van der Waals surface area contributed by atoms with Gasteiger partial charge in [-0.1, -0.05) is 42.5 Å². The molecule has 0 atom stereocenters. The Labute approximate surface area is 131 Å². The molecule has 0 aromatic heterocycles. The van der Waals surface area contributed by atoms with Crippen LogP contribution in [0.5, 0.6) is 5.75 Å². The van der Waals surface area contributed by atoms with E-state index in [9.17, 15) is 4.79 Å². The Morgan fingerprint density at radius 1 is 1.14 bits per heavy atom. The molecule has 2 aromatic rings. The molecule has 0 bridgehead atoms. The third kappa shape index (κ3) is 4.77. The molecule has 0 heterocycles. The second kappa shape index (κ2) is 8.03. The predicted molar refractivity (Wildman–Crippen MR) is 87.6 cm³/mol. The highest BCUT2D eigenvalue weighted by atomic mass is 16.5. The largest absolute Gasteiger partial charge is 0.489 e. The van der Waals surface area contributed by atoms with Crippen LogP contribution in [-0.4, -0.2) is 12.6 Å². The first-order valence-corrected chi connectivity index (χ1v) is 7.31. The molecule has 0 aliphatic rings. The first-order valence-electron chi connectivity index (χ1n) is 7.31. The van der Waals surface area contributed by atoms with E-state index in [0.29, 0.717) is 13.2 Å². The molecule has 114 valence electrons. The van der Waals surface area contributed by atoms with Crippen LogP contribution in [0.25, 0.3) is 6.08 Å². The Hall–Kier alpha value is -2.55. The smallest absolute Gasteiger partial charge is 0.330 e. The summed E-state index contributed by atoms with van der Waals surface area (Å²) in [5.74, 6) is 0.477. The molecular weight excluding hydrogens is 276 g/mol. The van der Waals surface area contributed by atoms with Gasteiger partial charge in [0.15, 0.2) is 0 Å². The average molecular weight is 296 g/mol. The number of rotatable bonds is 6. The summed E-state index contributed by atoms with van der Waals surface area (Å²) in [7, 11) is 0. The Morgan fingerprint density at radius 2 is 1.91 bits per heavy atom. The van der Waals surface area contributed by atoms with Gasteiger partial charge in [0.05, 0.1) is 6.61 Å². The van der Waals surface area contributed by atoms with Gasteiger partial charge in [0, 0.05) is 6.08 Å². The van der Waals surface area contributed by atoms with Crippen LogP contribution in [0.2, 0.25) is 0 Å². The van der Waals surface area contributed by atoms with Crippen LogP contribution in [0.1, 0.15) is 23.6 Å². The van der Waals surface area contributed by atoms with Crippen LogP contribution in [0.4, 0.5) is 0 Å². The molecule has 3 heteroatoms. The minimum Gasteiger partial charge on any atom is -0.489 e. The third-order valence-electron chi connectivity index (χ3n) is 3.15. The van der Waals surface area contributed by atoms with Crippen LogP contribution < -0.4 is 4.74 Å². The fourth-order valence-corrected chi connectivity index (χ4v) is 1.97. The highest BCUT2D eigenvalue weighted by molar-refractivity contribution is 5.87. The molecule has 0 fully saturated rings. The molecule has 0 spiro atoms. The molecule has 2 rings (SSSR count). The maximum Gasteiger partial charge on any atom is 0.330 e. The predicted octanol–water partition coefficient (Wildman–Crippen LogP) is 4.15. The lowest BCUT2D eigenvalue weighted by Gasteiger charge is -2.10. The maximum atomic E-state index is 11.3. The SMILES string of the molecule is CCOC(=O)/C=C/c1ccc(C)c(OCc2ccccc2)c1. The Balaban J connectivity index is 2.05. The highest BCUT2D eigenvalue weighted by Gasteiger charge is 2.02. The standard InChI is InChI=1S/C19H20O3/c1-3-21-19(20)12-11-16-10-9-15(2)18(13-16)22-14-17-7-5-4-6-8-17/h4-13H,3,14H2,1-2H3/b12-11+. The second-order valence-corrected chi connectivity index (χ2v) is 4.88. The quantitative estimate of drug-likeness (QED) is 0.593. The number of esters is 1. The molecule has 0 saturated carbocycles. The van der Waals surface area contributed by atoms with Gasteiger partial charge in [0.2, 0.25) is 0 Å². The number of aryl methyl sites for hydroxylation is 1. The van der Waals surface area contributed by atoms with Crippen molar-refractivity contribution < 1.29 is 14.3 Å². The van der Waals surface area contributed by atoms with Gasteiger partial charge in [0.1, 0.15) is 12.4 Å². The van der Waals surface area contributed by atoms with E-state index < -0.39 is 0 Å². The van der Waals surface area contributed by atoms with Gasteiger partial charge in [0.25, 0.3) is 0 Å². The lowest BCUT2D eigenvalue weighted by Crippen LogP contribution is -1.99. The Morgan fingerprint density at radius 3 is 2.64 bits per heavy atom. The molecule has 0 N–H and O–H groups in total. The van der Waals surface area contributed by atoms with Gasteiger partial charge >= 0.3 is 5.97 Å². The Bertz CT molecular complexity index is 645. The summed E-state index contributed by atoms with van der Waals surface area (Å²) in [5.41, 5.74) is 3.08. The zero-order chi connectivity index (χ0) is 15.8. The van der Waals surface area contributed by atoms with E-state index in [1.165, 1.54) is 6.08 Å². The summed E-state index contributed by atoms with van der Waals surface area (Å²) in [6, 6.07) is 15.9. The van der Waals surface area contributed by atoms with Crippen LogP contribution in [0, 0.1) is 6.92 Å². The molecule has 3 nitrogen and oxygen atoms in total. The summed E-state index contributed by atoms with van der Waals surface area (Å²) in [4.78, 5) is 11.3. The maximum absolute atomic E-state index is 11.3.